The van der Waals surface area contributed by atoms with Crippen molar-refractivity contribution in [2.75, 3.05) is 6.61 Å². The maximum atomic E-state index is 13.9. The van der Waals surface area contributed by atoms with Crippen LogP contribution in [0.3, 0.4) is 0 Å². The molecule has 0 N–H and O–H groups in total. The fraction of sp³-hybridized carbons (Fsp3) is 0.256. The molecule has 0 amide bonds. The van der Waals surface area contributed by atoms with Crippen molar-refractivity contribution in [3.05, 3.63) is 196 Å². The van der Waals surface area contributed by atoms with Gasteiger partial charge in [0.2, 0.25) is 0 Å². The molecule has 1 fully saturated rings. The van der Waals surface area contributed by atoms with Crippen LogP contribution in [0.1, 0.15) is 50.2 Å². The summed E-state index contributed by atoms with van der Waals surface area (Å²) in [5.41, 5.74) is -1.63. The first-order chi connectivity index (χ1) is 29.9. The third-order valence-corrected chi connectivity index (χ3v) is 9.95. The zero-order valence-corrected chi connectivity index (χ0v) is 32.7. The van der Waals surface area contributed by atoms with Crippen LogP contribution in [-0.4, -0.2) is 62.7 Å². The Morgan fingerprint density at radius 3 is 1.24 bits per heavy atom. The van der Waals surface area contributed by atoms with Crippen LogP contribution in [0.25, 0.3) is 0 Å². The third-order valence-electron chi connectivity index (χ3n) is 9.95. The normalized spacial score (nSPS) is 18.5. The number of rotatable bonds is 18. The molecule has 5 aromatic rings. The highest BCUT2D eigenvalue weighted by Gasteiger charge is 2.47. The summed E-state index contributed by atoms with van der Waals surface area (Å²) < 4.78 is 31.6. The van der Waals surface area contributed by atoms with Crippen molar-refractivity contribution in [2.45, 2.75) is 57.1 Å². The molecule has 0 heterocycles. The molecule has 0 aromatic heterocycles. The first-order valence-corrected chi connectivity index (χ1v) is 19.1. The number of non-ortho nitro benzene ring substituents is 4. The van der Waals surface area contributed by atoms with Gasteiger partial charge in [-0.05, 0) is 29.5 Å². The van der Waals surface area contributed by atoms with Crippen LogP contribution in [0.5, 0.6) is 0 Å². The van der Waals surface area contributed by atoms with Gasteiger partial charge in [-0.2, -0.15) is 0 Å². The minimum absolute atomic E-state index is 0.0403. The molecular weight excluding hydrogens is 812 g/mol. The van der Waals surface area contributed by atoms with Crippen molar-refractivity contribution >= 4 is 34.7 Å². The van der Waals surface area contributed by atoms with E-state index in [0.29, 0.717) is 17.7 Å². The number of carbonyl (C=O) groups excluding carboxylic acids is 2. The third kappa shape index (κ3) is 11.6. The highest BCUT2D eigenvalue weighted by molar-refractivity contribution is 5.92. The number of hydrogen-bond donors (Lipinski definition) is 0. The number of nitro benzene ring substituents is 4. The fourth-order valence-corrected chi connectivity index (χ4v) is 6.95. The van der Waals surface area contributed by atoms with Crippen molar-refractivity contribution in [3.8, 4) is 0 Å². The molecule has 5 atom stereocenters. The van der Waals surface area contributed by atoms with Gasteiger partial charge in [0.25, 0.3) is 22.7 Å². The van der Waals surface area contributed by atoms with Gasteiger partial charge in [0.1, 0.15) is 18.3 Å². The van der Waals surface area contributed by atoms with Gasteiger partial charge in [-0.3, -0.25) is 40.5 Å². The summed E-state index contributed by atoms with van der Waals surface area (Å²) in [5, 5.41) is 46.8. The van der Waals surface area contributed by atoms with E-state index in [1.165, 1.54) is 0 Å². The van der Waals surface area contributed by atoms with Gasteiger partial charge < -0.3 is 23.7 Å². The van der Waals surface area contributed by atoms with Crippen molar-refractivity contribution in [1.82, 2.24) is 0 Å². The molecule has 1 aliphatic rings. The Morgan fingerprint density at radius 1 is 0.484 bits per heavy atom. The summed E-state index contributed by atoms with van der Waals surface area (Å²) >= 11 is 0. The van der Waals surface area contributed by atoms with Crippen molar-refractivity contribution in [3.63, 3.8) is 0 Å². The van der Waals surface area contributed by atoms with Crippen LogP contribution in [0.4, 0.5) is 22.7 Å². The number of esters is 2. The van der Waals surface area contributed by atoms with Crippen LogP contribution >= 0.6 is 0 Å². The molecule has 1 aliphatic carbocycles. The van der Waals surface area contributed by atoms with Gasteiger partial charge in [0.05, 0.1) is 75.5 Å². The smallest absolute Gasteiger partial charge is 0.339 e. The second-order valence-corrected chi connectivity index (χ2v) is 14.2. The molecule has 0 saturated heterocycles. The van der Waals surface area contributed by atoms with Gasteiger partial charge >= 0.3 is 11.9 Å². The lowest BCUT2D eigenvalue weighted by atomic mass is 9.92. The second-order valence-electron chi connectivity index (χ2n) is 14.2. The van der Waals surface area contributed by atoms with Crippen LogP contribution in [-0.2, 0) is 43.5 Å². The van der Waals surface area contributed by atoms with Crippen LogP contribution in [0.2, 0.25) is 0 Å². The molecule has 0 bridgehead atoms. The number of ether oxygens (including phenoxy) is 5. The molecule has 0 unspecified atom stereocenters. The monoisotopic (exact) mass is 850 g/mol. The van der Waals surface area contributed by atoms with E-state index >= 15 is 0 Å². The van der Waals surface area contributed by atoms with E-state index in [-0.39, 0.29) is 39.3 Å². The molecule has 320 valence electrons. The molecule has 0 spiro atoms. The molecule has 0 aliphatic heterocycles. The average molecular weight is 851 g/mol. The Morgan fingerprint density at radius 2 is 0.839 bits per heavy atom. The van der Waals surface area contributed by atoms with Gasteiger partial charge in [0.15, 0.2) is 0 Å². The minimum Gasteiger partial charge on any atom is -0.458 e. The minimum atomic E-state index is -1.26. The summed E-state index contributed by atoms with van der Waals surface area (Å²) in [6, 6.07) is 31.9. The lowest BCUT2D eigenvalue weighted by Gasteiger charge is -2.36. The van der Waals surface area contributed by atoms with Gasteiger partial charge in [-0.1, -0.05) is 91.0 Å². The number of carbonyl (C=O) groups is 2. The Kier molecular flexibility index (Phi) is 14.7. The van der Waals surface area contributed by atoms with Crippen molar-refractivity contribution < 1.29 is 53.0 Å². The van der Waals surface area contributed by atoms with Crippen LogP contribution in [0.15, 0.2) is 127 Å². The molecule has 6 rings (SSSR count). The van der Waals surface area contributed by atoms with Crippen molar-refractivity contribution in [1.29, 1.82) is 0 Å². The molecule has 0 radical (unpaired) electrons. The summed E-state index contributed by atoms with van der Waals surface area (Å²) in [6.07, 6.45) is -4.98. The number of nitro groups is 4. The molecule has 19 nitrogen and oxygen atoms in total. The summed E-state index contributed by atoms with van der Waals surface area (Å²) in [6.45, 7) is -0.155. The first kappa shape index (κ1) is 44.1. The number of nitrogens with zero attached hydrogens (tertiary/aromatic N) is 4. The Bertz CT molecular complexity index is 2340. The predicted octanol–water partition coefficient (Wildman–Crippen LogP) is 7.87. The van der Waals surface area contributed by atoms with Gasteiger partial charge in [0, 0.05) is 30.2 Å². The zero-order valence-electron chi connectivity index (χ0n) is 32.7. The standard InChI is InChI=1S/C43H38N4O15/c48-42(31-18-33(44(50)51)22-34(19-31)45(52)53)61-38-16-17-39(62-43(49)32-20-35(46(54)55)23-36(21-32)47(56)57)41(60-26-30-14-8-3-9-15-30)40(59-25-29-12-6-2-7-13-29)37(38)27-58-24-28-10-4-1-5-11-28/h1-15,18-23,37-41H,16-17,24-27H2/t37-,38-,39-,40-,41+/m0/s1. The molecular formula is C43H38N4O15. The molecule has 5 aromatic carbocycles. The lowest BCUT2D eigenvalue weighted by molar-refractivity contribution is -0.394. The highest BCUT2D eigenvalue weighted by atomic mass is 16.6. The average Bonchev–Trinajstić information content (AvgIpc) is 3.40. The summed E-state index contributed by atoms with van der Waals surface area (Å²) in [5.74, 6) is -3.24. The maximum Gasteiger partial charge on any atom is 0.339 e. The maximum absolute atomic E-state index is 13.9. The van der Waals surface area contributed by atoms with Gasteiger partial charge in [-0.25, -0.2) is 9.59 Å². The van der Waals surface area contributed by atoms with E-state index in [9.17, 15) is 50.0 Å². The van der Waals surface area contributed by atoms with E-state index in [2.05, 4.69) is 0 Å². The quantitative estimate of drug-likeness (QED) is 0.0352. The van der Waals surface area contributed by atoms with Gasteiger partial charge in [-0.15, -0.1) is 0 Å². The number of benzene rings is 5. The first-order valence-electron chi connectivity index (χ1n) is 19.1. The second kappa shape index (κ2) is 20.7. The summed E-state index contributed by atoms with van der Waals surface area (Å²) in [7, 11) is 0. The molecule has 62 heavy (non-hydrogen) atoms. The Balaban J connectivity index is 1.43. The van der Waals surface area contributed by atoms with E-state index in [1.807, 2.05) is 36.4 Å². The van der Waals surface area contributed by atoms with E-state index in [0.717, 1.165) is 35.4 Å². The van der Waals surface area contributed by atoms with E-state index < -0.39 is 95.8 Å². The van der Waals surface area contributed by atoms with E-state index in [1.54, 1.807) is 54.6 Å². The number of hydrogen-bond acceptors (Lipinski definition) is 15. The Hall–Kier alpha value is -7.48. The fourth-order valence-electron chi connectivity index (χ4n) is 6.95. The van der Waals surface area contributed by atoms with E-state index in [4.69, 9.17) is 23.7 Å². The summed E-state index contributed by atoms with van der Waals surface area (Å²) in [4.78, 5) is 71.2. The topological polar surface area (TPSA) is 253 Å². The lowest BCUT2D eigenvalue weighted by Crippen LogP contribution is -2.49. The Labute approximate surface area is 352 Å². The largest absolute Gasteiger partial charge is 0.458 e. The van der Waals surface area contributed by atoms with Crippen molar-refractivity contribution in [2.24, 2.45) is 5.92 Å². The predicted molar refractivity (Wildman–Crippen MR) is 217 cm³/mol. The SMILES string of the molecule is O=C(O[C@H]1CC[C@H](OC(=O)c2cc([N+](=O)[O-])cc([N+](=O)[O-])c2)[C@@H](OCc2ccccc2)[C@@H](OCc2ccccc2)[C@H]1COCc1ccccc1)c1cc([N+](=O)[O-])cc([N+](=O)[O-])c1. The molecule has 1 saturated carbocycles. The molecule has 19 heteroatoms. The van der Waals surface area contributed by atoms with Crippen LogP contribution in [0, 0.1) is 46.4 Å². The highest BCUT2D eigenvalue weighted by Crippen LogP contribution is 2.36. The van der Waals surface area contributed by atoms with Crippen LogP contribution < -0.4 is 0 Å². The zero-order chi connectivity index (χ0) is 44.2.